The number of halogens is 3. The summed E-state index contributed by atoms with van der Waals surface area (Å²) in [4.78, 5) is 15.4. The van der Waals surface area contributed by atoms with Crippen molar-refractivity contribution in [1.29, 1.82) is 0 Å². The third-order valence-electron chi connectivity index (χ3n) is 3.02. The minimum Gasteiger partial charge on any atom is -0.491 e. The Hall–Kier alpha value is -2.81. The molecular weight excluding hydrogens is 339 g/mol. The van der Waals surface area contributed by atoms with Gasteiger partial charge < -0.3 is 20.5 Å². The van der Waals surface area contributed by atoms with E-state index in [1.807, 2.05) is 0 Å². The highest BCUT2D eigenvalue weighted by Crippen LogP contribution is 2.31. The fourth-order valence-corrected chi connectivity index (χ4v) is 1.84. The van der Waals surface area contributed by atoms with Gasteiger partial charge in [-0.05, 0) is 30.3 Å². The maximum atomic E-state index is 12.6. The molecular formula is C16H16F3N3O3. The quantitative estimate of drug-likeness (QED) is 0.744. The molecule has 2 aromatic rings. The first-order chi connectivity index (χ1) is 11.8. The summed E-state index contributed by atoms with van der Waals surface area (Å²) >= 11 is 0. The van der Waals surface area contributed by atoms with Crippen molar-refractivity contribution < 1.29 is 27.8 Å². The number of amides is 2. The number of pyridine rings is 1. The number of alkyl halides is 3. The number of carbonyl (C=O) groups is 1. The van der Waals surface area contributed by atoms with Crippen molar-refractivity contribution in [2.75, 3.05) is 18.5 Å². The van der Waals surface area contributed by atoms with Gasteiger partial charge in [0.05, 0.1) is 17.4 Å². The molecule has 0 bridgehead atoms. The molecule has 9 heteroatoms. The van der Waals surface area contributed by atoms with Gasteiger partial charge in [0.15, 0.2) is 0 Å². The van der Waals surface area contributed by atoms with E-state index in [1.165, 1.54) is 18.3 Å². The lowest BCUT2D eigenvalue weighted by atomic mass is 10.2. The summed E-state index contributed by atoms with van der Waals surface area (Å²) in [5, 5.41) is 14.7. The molecule has 0 saturated heterocycles. The van der Waals surface area contributed by atoms with Gasteiger partial charge in [0.1, 0.15) is 18.5 Å². The summed E-state index contributed by atoms with van der Waals surface area (Å²) in [6.07, 6.45) is -2.55. The predicted molar refractivity (Wildman–Crippen MR) is 84.2 cm³/mol. The topological polar surface area (TPSA) is 83.5 Å². The van der Waals surface area contributed by atoms with Gasteiger partial charge in [-0.1, -0.05) is 6.07 Å². The molecule has 25 heavy (non-hydrogen) atoms. The van der Waals surface area contributed by atoms with Crippen molar-refractivity contribution in [1.82, 2.24) is 10.3 Å². The van der Waals surface area contributed by atoms with E-state index in [2.05, 4.69) is 15.6 Å². The Morgan fingerprint density at radius 3 is 2.76 bits per heavy atom. The molecule has 6 nitrogen and oxygen atoms in total. The van der Waals surface area contributed by atoms with Crippen LogP contribution in [0.15, 0.2) is 48.8 Å². The number of hydrogen-bond donors (Lipinski definition) is 3. The van der Waals surface area contributed by atoms with Gasteiger partial charge in [-0.15, -0.1) is 0 Å². The highest BCUT2D eigenvalue weighted by Gasteiger charge is 2.30. The van der Waals surface area contributed by atoms with Crippen LogP contribution < -0.4 is 15.4 Å². The zero-order chi connectivity index (χ0) is 18.3. The van der Waals surface area contributed by atoms with Gasteiger partial charge in [0.25, 0.3) is 0 Å². The second kappa shape index (κ2) is 8.34. The maximum absolute atomic E-state index is 12.6. The van der Waals surface area contributed by atoms with E-state index >= 15 is 0 Å². The number of nitrogens with one attached hydrogen (secondary N) is 2. The number of urea groups is 1. The highest BCUT2D eigenvalue weighted by molar-refractivity contribution is 5.88. The highest BCUT2D eigenvalue weighted by atomic mass is 19.4. The number of anilines is 1. The molecule has 0 fully saturated rings. The van der Waals surface area contributed by atoms with Crippen molar-refractivity contribution in [2.24, 2.45) is 0 Å². The minimum absolute atomic E-state index is 0.0197. The maximum Gasteiger partial charge on any atom is 0.416 e. The normalized spacial score (nSPS) is 12.3. The van der Waals surface area contributed by atoms with Gasteiger partial charge in [-0.25, -0.2) is 4.79 Å². The smallest absolute Gasteiger partial charge is 0.416 e. The molecule has 3 N–H and O–H groups in total. The number of aliphatic hydroxyl groups excluding tert-OH is 1. The fraction of sp³-hybridized carbons (Fsp3) is 0.250. The van der Waals surface area contributed by atoms with E-state index in [4.69, 9.17) is 4.74 Å². The molecule has 1 aromatic heterocycles. The fourth-order valence-electron chi connectivity index (χ4n) is 1.84. The molecule has 2 rings (SSSR count). The zero-order valence-corrected chi connectivity index (χ0v) is 13.0. The zero-order valence-electron chi connectivity index (χ0n) is 13.0. The van der Waals surface area contributed by atoms with Gasteiger partial charge in [-0.2, -0.15) is 13.2 Å². The van der Waals surface area contributed by atoms with Crippen LogP contribution in [0.4, 0.5) is 23.7 Å². The summed E-state index contributed by atoms with van der Waals surface area (Å²) in [6.45, 7) is -0.403. The Morgan fingerprint density at radius 1 is 1.28 bits per heavy atom. The lowest BCUT2D eigenvalue weighted by molar-refractivity contribution is -0.137. The molecule has 1 unspecified atom stereocenters. The lowest BCUT2D eigenvalue weighted by Crippen LogP contribution is -2.37. The molecule has 0 spiro atoms. The molecule has 2 amide bonds. The summed E-state index contributed by atoms with van der Waals surface area (Å²) in [7, 11) is 0. The average molecular weight is 355 g/mol. The number of carbonyl (C=O) groups excluding carboxylic acids is 1. The van der Waals surface area contributed by atoms with Crippen LogP contribution in [0.3, 0.4) is 0 Å². The summed E-state index contributed by atoms with van der Waals surface area (Å²) in [6, 6.07) is 7.07. The lowest BCUT2D eigenvalue weighted by Gasteiger charge is -2.14. The number of aliphatic hydroxyl groups is 1. The Balaban J connectivity index is 1.75. The molecule has 0 aliphatic heterocycles. The first kappa shape index (κ1) is 18.5. The number of benzene rings is 1. The van der Waals surface area contributed by atoms with Gasteiger partial charge in [-0.3, -0.25) is 4.98 Å². The van der Waals surface area contributed by atoms with E-state index in [1.54, 1.807) is 18.3 Å². The Labute approximate surface area is 141 Å². The molecule has 0 radical (unpaired) electrons. The number of aromatic nitrogens is 1. The second-order valence-electron chi connectivity index (χ2n) is 5.07. The summed E-state index contributed by atoms with van der Waals surface area (Å²) < 4.78 is 42.9. The predicted octanol–water partition coefficient (Wildman–Crippen LogP) is 2.66. The van der Waals surface area contributed by atoms with Crippen molar-refractivity contribution in [3.8, 4) is 5.75 Å². The van der Waals surface area contributed by atoms with Crippen LogP contribution in [0.25, 0.3) is 0 Å². The molecule has 134 valence electrons. The first-order valence-corrected chi connectivity index (χ1v) is 7.27. The van der Waals surface area contributed by atoms with Crippen LogP contribution in [-0.4, -0.2) is 35.4 Å². The Morgan fingerprint density at radius 2 is 2.08 bits per heavy atom. The van der Waals surface area contributed by atoms with Crippen LogP contribution in [-0.2, 0) is 6.18 Å². The van der Waals surface area contributed by atoms with E-state index < -0.39 is 23.9 Å². The molecule has 1 atom stereocenters. The Kier molecular flexibility index (Phi) is 6.18. The monoisotopic (exact) mass is 355 g/mol. The van der Waals surface area contributed by atoms with Crippen molar-refractivity contribution in [3.05, 3.63) is 54.4 Å². The molecule has 1 aromatic carbocycles. The molecule has 0 saturated carbocycles. The standard InChI is InChI=1S/C16H16F3N3O3/c17-16(18,19)11-3-1-5-14(7-11)25-10-13(23)9-21-15(24)22-12-4-2-6-20-8-12/h1-8,13,23H,9-10H2,(H2,21,22,24). The Bertz CT molecular complexity index is 696. The first-order valence-electron chi connectivity index (χ1n) is 7.27. The van der Waals surface area contributed by atoms with Crippen LogP contribution in [0.1, 0.15) is 5.56 Å². The van der Waals surface area contributed by atoms with Gasteiger partial charge in [0.2, 0.25) is 0 Å². The minimum atomic E-state index is -4.47. The van der Waals surface area contributed by atoms with Crippen LogP contribution >= 0.6 is 0 Å². The van der Waals surface area contributed by atoms with Gasteiger partial charge >= 0.3 is 12.2 Å². The SMILES string of the molecule is O=C(NCC(O)COc1cccc(C(F)(F)F)c1)Nc1cccnc1. The summed E-state index contributed by atoms with van der Waals surface area (Å²) in [5.74, 6) is -0.0197. The van der Waals surface area contributed by atoms with Crippen LogP contribution in [0.5, 0.6) is 5.75 Å². The number of ether oxygens (including phenoxy) is 1. The van der Waals surface area contributed by atoms with Gasteiger partial charge in [0, 0.05) is 12.7 Å². The number of nitrogens with zero attached hydrogens (tertiary/aromatic N) is 1. The van der Waals surface area contributed by atoms with E-state index in [0.29, 0.717) is 5.69 Å². The van der Waals surface area contributed by atoms with E-state index in [-0.39, 0.29) is 18.9 Å². The molecule has 1 heterocycles. The molecule has 0 aliphatic carbocycles. The number of rotatable bonds is 6. The third kappa shape index (κ3) is 6.30. The van der Waals surface area contributed by atoms with E-state index in [9.17, 15) is 23.1 Å². The van der Waals surface area contributed by atoms with Crippen LogP contribution in [0.2, 0.25) is 0 Å². The third-order valence-corrected chi connectivity index (χ3v) is 3.02. The number of hydrogen-bond acceptors (Lipinski definition) is 4. The average Bonchev–Trinajstić information content (AvgIpc) is 2.58. The van der Waals surface area contributed by atoms with Crippen molar-refractivity contribution in [3.63, 3.8) is 0 Å². The van der Waals surface area contributed by atoms with Crippen LogP contribution in [0, 0.1) is 0 Å². The summed E-state index contributed by atoms with van der Waals surface area (Å²) in [5.41, 5.74) is -0.358. The van der Waals surface area contributed by atoms with Crippen molar-refractivity contribution >= 4 is 11.7 Å². The second-order valence-corrected chi connectivity index (χ2v) is 5.07. The van der Waals surface area contributed by atoms with Crippen molar-refractivity contribution in [2.45, 2.75) is 12.3 Å². The van der Waals surface area contributed by atoms with E-state index in [0.717, 1.165) is 12.1 Å². The molecule has 0 aliphatic rings. The largest absolute Gasteiger partial charge is 0.491 e.